The normalized spacial score (nSPS) is 10.8. The number of aryl methyl sites for hydroxylation is 1. The van der Waals surface area contributed by atoms with Crippen molar-refractivity contribution in [1.29, 1.82) is 0 Å². The molecule has 112 valence electrons. The van der Waals surface area contributed by atoms with Crippen LogP contribution >= 0.6 is 0 Å². The van der Waals surface area contributed by atoms with Crippen molar-refractivity contribution in [3.8, 4) is 0 Å². The monoisotopic (exact) mass is 297 g/mol. The van der Waals surface area contributed by atoms with Crippen LogP contribution in [0.25, 0.3) is 10.9 Å². The van der Waals surface area contributed by atoms with Crippen LogP contribution in [0, 0.1) is 0 Å². The first-order valence-corrected chi connectivity index (χ1v) is 6.87. The number of hydrogen-bond acceptors (Lipinski definition) is 4. The summed E-state index contributed by atoms with van der Waals surface area (Å²) in [5.74, 6) is -0.411. The first kappa shape index (κ1) is 14.1. The molecular weight excluding hydrogens is 282 g/mol. The van der Waals surface area contributed by atoms with Crippen LogP contribution in [0.1, 0.15) is 11.3 Å². The summed E-state index contributed by atoms with van der Waals surface area (Å²) in [5, 5.41) is 5.01. The molecule has 0 radical (unpaired) electrons. The number of H-pyrrole nitrogens is 1. The maximum absolute atomic E-state index is 11.9. The van der Waals surface area contributed by atoms with Gasteiger partial charge in [0.15, 0.2) is 0 Å². The molecule has 22 heavy (non-hydrogen) atoms. The fraction of sp³-hybridized carbons (Fsp3) is 0.188. The molecule has 6 nitrogen and oxygen atoms in total. The van der Waals surface area contributed by atoms with Crippen molar-refractivity contribution in [3.63, 3.8) is 0 Å². The Kier molecular flexibility index (Phi) is 3.74. The second-order valence-electron chi connectivity index (χ2n) is 5.03. The predicted molar refractivity (Wildman–Crippen MR) is 81.3 cm³/mol. The van der Waals surface area contributed by atoms with Gasteiger partial charge in [-0.1, -0.05) is 18.2 Å². The molecule has 0 amide bonds. The molecule has 2 heterocycles. The second kappa shape index (κ2) is 5.85. The van der Waals surface area contributed by atoms with E-state index in [-0.39, 0.29) is 18.6 Å². The highest BCUT2D eigenvalue weighted by Gasteiger charge is 2.09. The van der Waals surface area contributed by atoms with Gasteiger partial charge in [0.1, 0.15) is 6.61 Å². The molecule has 0 aliphatic heterocycles. The SMILES string of the molecule is Cn1ccc(CC(=O)OCc2cc3ccccc3[nH]c2=O)n1. The average Bonchev–Trinajstić information content (AvgIpc) is 2.90. The van der Waals surface area contributed by atoms with Crippen molar-refractivity contribution in [2.45, 2.75) is 13.0 Å². The van der Waals surface area contributed by atoms with Crippen molar-refractivity contribution in [3.05, 3.63) is 64.2 Å². The number of rotatable bonds is 4. The number of pyridine rings is 1. The molecule has 0 atom stereocenters. The zero-order valence-corrected chi connectivity index (χ0v) is 12.1. The molecule has 3 rings (SSSR count). The summed E-state index contributed by atoms with van der Waals surface area (Å²) >= 11 is 0. The number of aromatic amines is 1. The average molecular weight is 297 g/mol. The summed E-state index contributed by atoms with van der Waals surface area (Å²) in [4.78, 5) is 26.5. The Balaban J connectivity index is 1.69. The third-order valence-electron chi connectivity index (χ3n) is 3.31. The fourth-order valence-corrected chi connectivity index (χ4v) is 2.21. The van der Waals surface area contributed by atoms with Crippen molar-refractivity contribution in [2.75, 3.05) is 0 Å². The number of esters is 1. The Hall–Kier alpha value is -2.89. The number of fused-ring (bicyclic) bond motifs is 1. The third-order valence-corrected chi connectivity index (χ3v) is 3.31. The van der Waals surface area contributed by atoms with Crippen molar-refractivity contribution in [2.24, 2.45) is 7.05 Å². The van der Waals surface area contributed by atoms with E-state index in [0.717, 1.165) is 10.9 Å². The van der Waals surface area contributed by atoms with Crippen LogP contribution in [-0.4, -0.2) is 20.7 Å². The van der Waals surface area contributed by atoms with E-state index in [2.05, 4.69) is 10.1 Å². The highest BCUT2D eigenvalue weighted by atomic mass is 16.5. The van der Waals surface area contributed by atoms with E-state index in [0.29, 0.717) is 11.3 Å². The number of nitrogens with zero attached hydrogens (tertiary/aromatic N) is 2. The van der Waals surface area contributed by atoms with Gasteiger partial charge in [-0.05, 0) is 23.6 Å². The van der Waals surface area contributed by atoms with Crippen LogP contribution in [0.5, 0.6) is 0 Å². The Morgan fingerprint density at radius 1 is 1.32 bits per heavy atom. The van der Waals surface area contributed by atoms with Crippen LogP contribution in [0.2, 0.25) is 0 Å². The molecule has 0 fully saturated rings. The quantitative estimate of drug-likeness (QED) is 0.741. The van der Waals surface area contributed by atoms with E-state index in [1.165, 1.54) is 0 Å². The van der Waals surface area contributed by atoms with Gasteiger partial charge >= 0.3 is 5.97 Å². The molecule has 0 bridgehead atoms. The summed E-state index contributed by atoms with van der Waals surface area (Å²) in [6, 6.07) is 11.0. The van der Waals surface area contributed by atoms with Gasteiger partial charge < -0.3 is 9.72 Å². The molecule has 0 saturated heterocycles. The smallest absolute Gasteiger partial charge is 0.312 e. The van der Waals surface area contributed by atoms with Gasteiger partial charge in [-0.3, -0.25) is 14.3 Å². The molecule has 1 aromatic carbocycles. The van der Waals surface area contributed by atoms with Crippen molar-refractivity contribution >= 4 is 16.9 Å². The molecule has 0 spiro atoms. The van der Waals surface area contributed by atoms with Crippen LogP contribution in [0.15, 0.2) is 47.4 Å². The minimum atomic E-state index is -0.411. The van der Waals surface area contributed by atoms with Gasteiger partial charge in [0.05, 0.1) is 17.7 Å². The maximum atomic E-state index is 11.9. The summed E-state index contributed by atoms with van der Waals surface area (Å²) in [6.45, 7) is -0.0498. The molecular formula is C16H15N3O3. The number of benzene rings is 1. The fourth-order valence-electron chi connectivity index (χ4n) is 2.21. The van der Waals surface area contributed by atoms with Gasteiger partial charge in [-0.15, -0.1) is 0 Å². The number of aromatic nitrogens is 3. The van der Waals surface area contributed by atoms with E-state index in [9.17, 15) is 9.59 Å². The predicted octanol–water partition coefficient (Wildman–Crippen LogP) is 1.55. The highest BCUT2D eigenvalue weighted by Crippen LogP contribution is 2.10. The van der Waals surface area contributed by atoms with Gasteiger partial charge in [0.25, 0.3) is 5.56 Å². The highest BCUT2D eigenvalue weighted by molar-refractivity contribution is 5.78. The Labute approximate surface area is 126 Å². The first-order chi connectivity index (χ1) is 10.6. The van der Waals surface area contributed by atoms with Crippen molar-refractivity contribution in [1.82, 2.24) is 14.8 Å². The van der Waals surface area contributed by atoms with Gasteiger partial charge in [-0.2, -0.15) is 5.10 Å². The van der Waals surface area contributed by atoms with Crippen molar-refractivity contribution < 1.29 is 9.53 Å². The minimum Gasteiger partial charge on any atom is -0.460 e. The van der Waals surface area contributed by atoms with Crippen LogP contribution in [-0.2, 0) is 29.6 Å². The second-order valence-corrected chi connectivity index (χ2v) is 5.03. The van der Waals surface area contributed by atoms with Crippen LogP contribution in [0.3, 0.4) is 0 Å². The molecule has 2 aromatic heterocycles. The lowest BCUT2D eigenvalue weighted by Gasteiger charge is -2.05. The number of carbonyl (C=O) groups excluding carboxylic acids is 1. The van der Waals surface area contributed by atoms with Gasteiger partial charge in [0, 0.05) is 18.8 Å². The molecule has 1 N–H and O–H groups in total. The van der Waals surface area contributed by atoms with E-state index in [4.69, 9.17) is 4.74 Å². The maximum Gasteiger partial charge on any atom is 0.312 e. The molecule has 0 aliphatic carbocycles. The molecule has 0 aliphatic rings. The molecule has 0 unspecified atom stereocenters. The number of carbonyl (C=O) groups is 1. The van der Waals surface area contributed by atoms with Gasteiger partial charge in [-0.25, -0.2) is 0 Å². The molecule has 3 aromatic rings. The lowest BCUT2D eigenvalue weighted by Crippen LogP contribution is -2.16. The number of para-hydroxylation sites is 1. The largest absolute Gasteiger partial charge is 0.460 e. The lowest BCUT2D eigenvalue weighted by atomic mass is 10.1. The lowest BCUT2D eigenvalue weighted by molar-refractivity contribution is -0.144. The van der Waals surface area contributed by atoms with E-state index < -0.39 is 5.97 Å². The third kappa shape index (κ3) is 3.06. The topological polar surface area (TPSA) is 77.0 Å². The van der Waals surface area contributed by atoms with E-state index in [1.807, 2.05) is 24.3 Å². The standard InChI is InChI=1S/C16H15N3O3/c1-19-7-6-13(18-19)9-15(20)22-10-12-8-11-4-2-3-5-14(11)17-16(12)21/h2-8H,9-10H2,1H3,(H,17,21). The number of hydrogen-bond donors (Lipinski definition) is 1. The molecule has 6 heteroatoms. The Bertz CT molecular complexity index is 879. The Morgan fingerprint density at radius 2 is 2.14 bits per heavy atom. The number of ether oxygens (including phenoxy) is 1. The van der Waals surface area contributed by atoms with E-state index in [1.54, 1.807) is 30.1 Å². The van der Waals surface area contributed by atoms with Gasteiger partial charge in [0.2, 0.25) is 0 Å². The molecule has 0 saturated carbocycles. The summed E-state index contributed by atoms with van der Waals surface area (Å²) in [5.41, 5.74) is 1.58. The zero-order valence-electron chi connectivity index (χ0n) is 12.1. The summed E-state index contributed by atoms with van der Waals surface area (Å²) in [7, 11) is 1.78. The number of nitrogens with one attached hydrogen (secondary N) is 1. The van der Waals surface area contributed by atoms with E-state index >= 15 is 0 Å². The summed E-state index contributed by atoms with van der Waals surface area (Å²) < 4.78 is 6.78. The van der Waals surface area contributed by atoms with Crippen LogP contribution in [0.4, 0.5) is 0 Å². The van der Waals surface area contributed by atoms with Crippen LogP contribution < -0.4 is 5.56 Å². The summed E-state index contributed by atoms with van der Waals surface area (Å²) in [6.07, 6.45) is 1.85. The first-order valence-electron chi connectivity index (χ1n) is 6.87. The zero-order chi connectivity index (χ0) is 15.5. The Morgan fingerprint density at radius 3 is 2.91 bits per heavy atom. The minimum absolute atomic E-state index is 0.0498.